The van der Waals surface area contributed by atoms with Crippen molar-refractivity contribution >= 4 is 33.5 Å². The zero-order chi connectivity index (χ0) is 14.5. The minimum Gasteiger partial charge on any atom is -0.493 e. The molecule has 0 N–H and O–H groups in total. The van der Waals surface area contributed by atoms with E-state index in [-0.39, 0.29) is 34.4 Å². The zero-order valence-corrected chi connectivity index (χ0v) is 12.5. The highest BCUT2D eigenvalue weighted by molar-refractivity contribution is 9.09. The molecule has 7 heteroatoms. The van der Waals surface area contributed by atoms with Crippen LogP contribution in [0.2, 0.25) is 0 Å². The molecule has 0 heterocycles. The summed E-state index contributed by atoms with van der Waals surface area (Å²) in [6, 6.07) is 3.93. The second-order valence-electron chi connectivity index (χ2n) is 3.50. The van der Waals surface area contributed by atoms with E-state index in [2.05, 4.69) is 15.9 Å². The summed E-state index contributed by atoms with van der Waals surface area (Å²) in [5, 5.41) is 0.452. The van der Waals surface area contributed by atoms with E-state index in [4.69, 9.17) is 4.74 Å². The molecule has 1 aromatic carbocycles. The van der Waals surface area contributed by atoms with Crippen molar-refractivity contribution in [3.05, 3.63) is 23.8 Å². The predicted octanol–water partition coefficient (Wildman–Crippen LogP) is 4.66. The van der Waals surface area contributed by atoms with Crippen molar-refractivity contribution in [1.82, 2.24) is 0 Å². The number of alkyl halides is 4. The van der Waals surface area contributed by atoms with E-state index in [0.717, 1.165) is 0 Å². The number of carbonyl (C=O) groups is 1. The average molecular weight is 357 g/mol. The molecule has 2 nitrogen and oxygen atoms in total. The van der Waals surface area contributed by atoms with Crippen molar-refractivity contribution < 1.29 is 22.7 Å². The first-order chi connectivity index (χ1) is 8.87. The van der Waals surface area contributed by atoms with Gasteiger partial charge in [-0.2, -0.15) is 13.2 Å². The van der Waals surface area contributed by atoms with E-state index >= 15 is 0 Å². The predicted molar refractivity (Wildman–Crippen MR) is 72.3 cm³/mol. The van der Waals surface area contributed by atoms with E-state index in [1.807, 2.05) is 0 Å². The molecular formula is C12H12BrF3O2S. The number of benzene rings is 1. The van der Waals surface area contributed by atoms with Crippen LogP contribution in [0.15, 0.2) is 23.1 Å². The normalized spacial score (nSPS) is 11.4. The van der Waals surface area contributed by atoms with E-state index in [9.17, 15) is 18.0 Å². The SMILES string of the molecule is CCOc1ccc(SC(F)(F)F)cc1C(=O)CCBr. The first-order valence-corrected chi connectivity index (χ1v) is 7.43. The Hall–Kier alpha value is -0.690. The largest absolute Gasteiger partial charge is 0.493 e. The Morgan fingerprint density at radius 1 is 1.42 bits per heavy atom. The van der Waals surface area contributed by atoms with Crippen LogP contribution in [-0.2, 0) is 0 Å². The molecule has 0 aromatic heterocycles. The Kier molecular flexibility index (Phi) is 6.19. The molecule has 0 aliphatic heterocycles. The summed E-state index contributed by atoms with van der Waals surface area (Å²) >= 11 is 2.89. The molecule has 0 radical (unpaired) electrons. The number of hydrogen-bond donors (Lipinski definition) is 0. The molecule has 0 atom stereocenters. The molecule has 0 spiro atoms. The Labute approximate surface area is 121 Å². The minimum absolute atomic E-state index is 0.0196. The van der Waals surface area contributed by atoms with Gasteiger partial charge in [0, 0.05) is 16.6 Å². The summed E-state index contributed by atoms with van der Waals surface area (Å²) in [7, 11) is 0. The lowest BCUT2D eigenvalue weighted by Crippen LogP contribution is -2.06. The molecule has 1 rings (SSSR count). The molecule has 106 valence electrons. The lowest BCUT2D eigenvalue weighted by Gasteiger charge is -2.12. The Morgan fingerprint density at radius 3 is 2.63 bits per heavy atom. The summed E-state index contributed by atoms with van der Waals surface area (Å²) in [5.41, 5.74) is -4.18. The van der Waals surface area contributed by atoms with E-state index in [1.165, 1.54) is 18.2 Å². The van der Waals surface area contributed by atoms with Crippen LogP contribution < -0.4 is 4.74 Å². The van der Waals surface area contributed by atoms with E-state index < -0.39 is 5.51 Å². The maximum absolute atomic E-state index is 12.3. The van der Waals surface area contributed by atoms with Crippen LogP contribution in [0.3, 0.4) is 0 Å². The van der Waals surface area contributed by atoms with Gasteiger partial charge in [0.15, 0.2) is 5.78 Å². The van der Waals surface area contributed by atoms with Crippen molar-refractivity contribution in [2.75, 3.05) is 11.9 Å². The molecule has 0 saturated heterocycles. The fourth-order valence-electron chi connectivity index (χ4n) is 1.43. The first kappa shape index (κ1) is 16.4. The van der Waals surface area contributed by atoms with Crippen LogP contribution in [0.5, 0.6) is 5.75 Å². The van der Waals surface area contributed by atoms with Gasteiger partial charge in [0.2, 0.25) is 0 Å². The highest BCUT2D eigenvalue weighted by Crippen LogP contribution is 2.38. The molecule has 0 bridgehead atoms. The molecule has 19 heavy (non-hydrogen) atoms. The van der Waals surface area contributed by atoms with Crippen LogP contribution in [0.25, 0.3) is 0 Å². The molecule has 0 aliphatic carbocycles. The highest BCUT2D eigenvalue weighted by atomic mass is 79.9. The third-order valence-corrected chi connectivity index (χ3v) is 3.22. The minimum atomic E-state index is -4.37. The summed E-state index contributed by atoms with van der Waals surface area (Å²) in [6.07, 6.45) is 0.209. The van der Waals surface area contributed by atoms with Gasteiger partial charge in [0.25, 0.3) is 0 Å². The molecule has 0 amide bonds. The fraction of sp³-hybridized carbons (Fsp3) is 0.417. The van der Waals surface area contributed by atoms with Crippen LogP contribution in [0.4, 0.5) is 13.2 Å². The van der Waals surface area contributed by atoms with E-state index in [1.54, 1.807) is 6.92 Å². The molecule has 0 aliphatic rings. The number of ketones is 1. The number of hydrogen-bond acceptors (Lipinski definition) is 3. The Bertz CT molecular complexity index is 449. The Morgan fingerprint density at radius 2 is 2.11 bits per heavy atom. The number of halogens is 4. The van der Waals surface area contributed by atoms with Crippen LogP contribution in [0, 0.1) is 0 Å². The van der Waals surface area contributed by atoms with Gasteiger partial charge >= 0.3 is 5.51 Å². The Balaban J connectivity index is 3.07. The van der Waals surface area contributed by atoms with E-state index in [0.29, 0.717) is 17.7 Å². The third kappa shape index (κ3) is 5.44. The maximum Gasteiger partial charge on any atom is 0.446 e. The van der Waals surface area contributed by atoms with Gasteiger partial charge in [0.05, 0.1) is 12.2 Å². The second-order valence-corrected chi connectivity index (χ2v) is 5.43. The standard InChI is InChI=1S/C12H12BrF3O2S/c1-2-18-11-4-3-8(19-12(14,15)16)7-9(11)10(17)5-6-13/h3-4,7H,2,5-6H2,1H3. The average Bonchev–Trinajstić information content (AvgIpc) is 2.29. The van der Waals surface area contributed by atoms with Gasteiger partial charge in [0.1, 0.15) is 5.75 Å². The van der Waals surface area contributed by atoms with Crippen LogP contribution in [0.1, 0.15) is 23.7 Å². The van der Waals surface area contributed by atoms with Gasteiger partial charge < -0.3 is 4.74 Å². The first-order valence-electron chi connectivity index (χ1n) is 5.49. The summed E-state index contributed by atoms with van der Waals surface area (Å²) in [6.45, 7) is 2.09. The lowest BCUT2D eigenvalue weighted by atomic mass is 10.1. The maximum atomic E-state index is 12.3. The molecule has 0 saturated carbocycles. The van der Waals surface area contributed by atoms with Crippen molar-refractivity contribution in [2.45, 2.75) is 23.7 Å². The second kappa shape index (κ2) is 7.19. The number of Topliss-reactive ketones (excluding diaryl/α,β-unsaturated/α-hetero) is 1. The topological polar surface area (TPSA) is 26.3 Å². The number of ether oxygens (including phenoxy) is 1. The molecule has 0 fully saturated rings. The van der Waals surface area contributed by atoms with Crippen molar-refractivity contribution in [1.29, 1.82) is 0 Å². The van der Waals surface area contributed by atoms with Gasteiger partial charge in [-0.3, -0.25) is 4.79 Å². The fourth-order valence-corrected chi connectivity index (χ4v) is 2.37. The monoisotopic (exact) mass is 356 g/mol. The van der Waals surface area contributed by atoms with Gasteiger partial charge in [-0.15, -0.1) is 0 Å². The summed E-state index contributed by atoms with van der Waals surface area (Å²) in [5.74, 6) is 0.0740. The van der Waals surface area contributed by atoms with Crippen LogP contribution >= 0.6 is 27.7 Å². The van der Waals surface area contributed by atoms with Crippen molar-refractivity contribution in [2.24, 2.45) is 0 Å². The van der Waals surface area contributed by atoms with Gasteiger partial charge in [-0.1, -0.05) is 15.9 Å². The van der Waals surface area contributed by atoms with Crippen LogP contribution in [-0.4, -0.2) is 23.2 Å². The molecule has 0 unspecified atom stereocenters. The number of carbonyl (C=O) groups excluding carboxylic acids is 1. The number of rotatable bonds is 6. The summed E-state index contributed by atoms with van der Waals surface area (Å²) < 4.78 is 42.2. The highest BCUT2D eigenvalue weighted by Gasteiger charge is 2.29. The lowest BCUT2D eigenvalue weighted by molar-refractivity contribution is -0.0328. The third-order valence-electron chi connectivity index (χ3n) is 2.11. The number of thioether (sulfide) groups is 1. The molecular weight excluding hydrogens is 345 g/mol. The quantitative estimate of drug-likeness (QED) is 0.421. The van der Waals surface area contributed by atoms with Gasteiger partial charge in [-0.25, -0.2) is 0 Å². The summed E-state index contributed by atoms with van der Waals surface area (Å²) in [4.78, 5) is 11.8. The smallest absolute Gasteiger partial charge is 0.446 e. The van der Waals surface area contributed by atoms with Crippen molar-refractivity contribution in [3.8, 4) is 5.75 Å². The molecule has 1 aromatic rings. The van der Waals surface area contributed by atoms with Gasteiger partial charge in [-0.05, 0) is 36.9 Å². The zero-order valence-electron chi connectivity index (χ0n) is 10.1. The van der Waals surface area contributed by atoms with Crippen molar-refractivity contribution in [3.63, 3.8) is 0 Å².